The van der Waals surface area contributed by atoms with Gasteiger partial charge in [0, 0.05) is 0 Å². The Kier molecular flexibility index (Phi) is 2.99. The molecule has 0 saturated carbocycles. The molecular weight excluding hydrogens is 220 g/mol. The van der Waals surface area contributed by atoms with Gasteiger partial charge in [-0.05, 0) is 34.4 Å². The molecule has 2 aromatic rings. The van der Waals surface area contributed by atoms with Crippen LogP contribution in [0.15, 0.2) is 48.5 Å². The SMILES string of the molecule is OC(c1ccccc1)c1cccc2c1=CCCC=2. The van der Waals surface area contributed by atoms with Crippen LogP contribution < -0.4 is 10.4 Å². The predicted molar refractivity (Wildman–Crippen MR) is 74.4 cm³/mol. The van der Waals surface area contributed by atoms with E-state index in [4.69, 9.17) is 0 Å². The maximum absolute atomic E-state index is 10.5. The van der Waals surface area contributed by atoms with Gasteiger partial charge in [0.25, 0.3) is 0 Å². The Morgan fingerprint density at radius 3 is 2.44 bits per heavy atom. The summed E-state index contributed by atoms with van der Waals surface area (Å²) in [5.41, 5.74) is 1.96. The highest BCUT2D eigenvalue weighted by atomic mass is 16.3. The van der Waals surface area contributed by atoms with E-state index in [1.165, 1.54) is 10.4 Å². The Labute approximate surface area is 107 Å². The van der Waals surface area contributed by atoms with Crippen molar-refractivity contribution in [1.82, 2.24) is 0 Å². The van der Waals surface area contributed by atoms with Crippen LogP contribution >= 0.6 is 0 Å². The van der Waals surface area contributed by atoms with E-state index in [2.05, 4.69) is 18.2 Å². The van der Waals surface area contributed by atoms with E-state index >= 15 is 0 Å². The highest BCUT2D eigenvalue weighted by molar-refractivity contribution is 5.43. The zero-order valence-electron chi connectivity index (χ0n) is 10.2. The van der Waals surface area contributed by atoms with Crippen LogP contribution in [0.5, 0.6) is 0 Å². The molecule has 0 saturated heterocycles. The first-order chi connectivity index (χ1) is 8.86. The van der Waals surface area contributed by atoms with E-state index < -0.39 is 6.10 Å². The average Bonchev–Trinajstić information content (AvgIpc) is 2.47. The fourth-order valence-electron chi connectivity index (χ4n) is 2.54. The van der Waals surface area contributed by atoms with Gasteiger partial charge in [-0.3, -0.25) is 0 Å². The molecule has 0 bridgehead atoms. The van der Waals surface area contributed by atoms with Crippen molar-refractivity contribution in [3.63, 3.8) is 0 Å². The van der Waals surface area contributed by atoms with Gasteiger partial charge in [-0.15, -0.1) is 0 Å². The Hall–Kier alpha value is -1.86. The summed E-state index contributed by atoms with van der Waals surface area (Å²) in [6, 6.07) is 16.0. The topological polar surface area (TPSA) is 20.2 Å². The number of rotatable bonds is 2. The van der Waals surface area contributed by atoms with Crippen molar-refractivity contribution in [3.05, 3.63) is 70.1 Å². The first kappa shape index (κ1) is 11.2. The number of benzene rings is 2. The third-order valence-corrected chi connectivity index (χ3v) is 3.46. The van der Waals surface area contributed by atoms with Crippen molar-refractivity contribution in [2.24, 2.45) is 0 Å². The van der Waals surface area contributed by atoms with Gasteiger partial charge < -0.3 is 5.11 Å². The summed E-state index contributed by atoms with van der Waals surface area (Å²) in [5, 5.41) is 13.0. The molecule has 1 aliphatic carbocycles. The molecule has 18 heavy (non-hydrogen) atoms. The molecule has 0 aromatic heterocycles. The van der Waals surface area contributed by atoms with E-state index in [1.807, 2.05) is 42.5 Å². The molecule has 90 valence electrons. The summed E-state index contributed by atoms with van der Waals surface area (Å²) in [4.78, 5) is 0. The molecule has 1 atom stereocenters. The van der Waals surface area contributed by atoms with Crippen molar-refractivity contribution >= 4 is 12.2 Å². The van der Waals surface area contributed by atoms with Crippen molar-refractivity contribution in [2.45, 2.75) is 18.9 Å². The standard InChI is InChI=1S/C17H16O/c18-17(14-8-2-1-3-9-14)16-12-6-10-13-7-4-5-11-15(13)16/h1-3,6-12,17-18H,4-5H2. The number of hydrogen-bond donors (Lipinski definition) is 1. The van der Waals surface area contributed by atoms with E-state index in [1.54, 1.807) is 0 Å². The summed E-state index contributed by atoms with van der Waals surface area (Å²) in [7, 11) is 0. The molecule has 0 heterocycles. The minimum absolute atomic E-state index is 0.538. The Morgan fingerprint density at radius 1 is 0.833 bits per heavy atom. The van der Waals surface area contributed by atoms with Crippen LogP contribution in [0.25, 0.3) is 12.2 Å². The largest absolute Gasteiger partial charge is 0.384 e. The second-order valence-electron chi connectivity index (χ2n) is 4.65. The van der Waals surface area contributed by atoms with E-state index in [9.17, 15) is 5.11 Å². The van der Waals surface area contributed by atoms with Crippen molar-refractivity contribution in [3.8, 4) is 0 Å². The van der Waals surface area contributed by atoms with Gasteiger partial charge >= 0.3 is 0 Å². The monoisotopic (exact) mass is 236 g/mol. The first-order valence-electron chi connectivity index (χ1n) is 6.38. The zero-order valence-corrected chi connectivity index (χ0v) is 10.2. The van der Waals surface area contributed by atoms with Crippen LogP contribution in [-0.4, -0.2) is 5.11 Å². The molecule has 0 amide bonds. The Morgan fingerprint density at radius 2 is 1.61 bits per heavy atom. The van der Waals surface area contributed by atoms with Gasteiger partial charge in [-0.25, -0.2) is 0 Å². The Bertz CT molecular complexity index is 656. The summed E-state index contributed by atoms with van der Waals surface area (Å²) in [5.74, 6) is 0. The van der Waals surface area contributed by atoms with Crippen molar-refractivity contribution < 1.29 is 5.11 Å². The minimum Gasteiger partial charge on any atom is -0.384 e. The van der Waals surface area contributed by atoms with Gasteiger partial charge in [-0.2, -0.15) is 0 Å². The lowest BCUT2D eigenvalue weighted by Crippen LogP contribution is -2.31. The van der Waals surface area contributed by atoms with E-state index in [0.717, 1.165) is 24.0 Å². The molecule has 1 unspecified atom stereocenters. The summed E-state index contributed by atoms with van der Waals surface area (Å²) >= 11 is 0. The van der Waals surface area contributed by atoms with E-state index in [0.29, 0.717) is 0 Å². The third-order valence-electron chi connectivity index (χ3n) is 3.46. The lowest BCUT2D eigenvalue weighted by atomic mass is 9.96. The molecule has 1 N–H and O–H groups in total. The molecule has 1 nitrogen and oxygen atoms in total. The molecule has 0 fully saturated rings. The van der Waals surface area contributed by atoms with E-state index in [-0.39, 0.29) is 0 Å². The zero-order chi connectivity index (χ0) is 12.4. The molecular formula is C17H16O. The smallest absolute Gasteiger partial charge is 0.105 e. The van der Waals surface area contributed by atoms with Crippen LogP contribution in [-0.2, 0) is 0 Å². The molecule has 0 aliphatic heterocycles. The number of aliphatic hydroxyl groups is 1. The van der Waals surface area contributed by atoms with Crippen LogP contribution in [0.3, 0.4) is 0 Å². The summed E-state index contributed by atoms with van der Waals surface area (Å²) < 4.78 is 0. The van der Waals surface area contributed by atoms with Crippen molar-refractivity contribution in [2.75, 3.05) is 0 Å². The van der Waals surface area contributed by atoms with Crippen LogP contribution in [0.1, 0.15) is 30.1 Å². The van der Waals surface area contributed by atoms with Crippen LogP contribution in [0.2, 0.25) is 0 Å². The lowest BCUT2D eigenvalue weighted by molar-refractivity contribution is 0.219. The number of aliphatic hydroxyl groups excluding tert-OH is 1. The normalized spacial score (nSPS) is 15.2. The highest BCUT2D eigenvalue weighted by Crippen LogP contribution is 2.18. The average molecular weight is 236 g/mol. The Balaban J connectivity index is 2.14. The third kappa shape index (κ3) is 1.98. The fraction of sp³-hybridized carbons (Fsp3) is 0.176. The van der Waals surface area contributed by atoms with Gasteiger partial charge in [0.1, 0.15) is 6.10 Å². The molecule has 3 rings (SSSR count). The summed E-state index contributed by atoms with van der Waals surface area (Å²) in [6.07, 6.45) is 6.10. The second-order valence-corrected chi connectivity index (χ2v) is 4.65. The molecule has 0 spiro atoms. The van der Waals surface area contributed by atoms with Gasteiger partial charge in [0.2, 0.25) is 0 Å². The fourth-order valence-corrected chi connectivity index (χ4v) is 2.54. The number of hydrogen-bond acceptors (Lipinski definition) is 1. The molecule has 0 radical (unpaired) electrons. The van der Waals surface area contributed by atoms with Gasteiger partial charge in [0.05, 0.1) is 0 Å². The van der Waals surface area contributed by atoms with Crippen molar-refractivity contribution in [1.29, 1.82) is 0 Å². The van der Waals surface area contributed by atoms with Gasteiger partial charge in [-0.1, -0.05) is 60.7 Å². The summed E-state index contributed by atoms with van der Waals surface area (Å²) in [6.45, 7) is 0. The molecule has 2 aromatic carbocycles. The number of fused-ring (bicyclic) bond motifs is 1. The molecule has 1 aliphatic rings. The maximum atomic E-state index is 10.5. The van der Waals surface area contributed by atoms with Gasteiger partial charge in [0.15, 0.2) is 0 Å². The molecule has 1 heteroatoms. The quantitative estimate of drug-likeness (QED) is 0.847. The van der Waals surface area contributed by atoms with Crippen LogP contribution in [0, 0.1) is 0 Å². The maximum Gasteiger partial charge on any atom is 0.105 e. The first-order valence-corrected chi connectivity index (χ1v) is 6.38. The highest BCUT2D eigenvalue weighted by Gasteiger charge is 2.12. The minimum atomic E-state index is -0.538. The van der Waals surface area contributed by atoms with Crippen LogP contribution in [0.4, 0.5) is 0 Å². The predicted octanol–water partition coefficient (Wildman–Crippen LogP) is 2.12. The second kappa shape index (κ2) is 4.79. The lowest BCUT2D eigenvalue weighted by Gasteiger charge is -2.14.